The van der Waals surface area contributed by atoms with Gasteiger partial charge in [0, 0.05) is 12.7 Å². The lowest BCUT2D eigenvalue weighted by molar-refractivity contribution is 0.0994. The van der Waals surface area contributed by atoms with E-state index in [1.807, 2.05) is 11.6 Å². The third-order valence-corrected chi connectivity index (χ3v) is 4.46. The molecule has 2 aromatic rings. The van der Waals surface area contributed by atoms with Crippen molar-refractivity contribution in [1.29, 1.82) is 0 Å². The lowest BCUT2D eigenvalue weighted by Crippen LogP contribution is -2.09. The molecular formula is C12H14BrN3OS. The monoisotopic (exact) mass is 327 g/mol. The summed E-state index contributed by atoms with van der Waals surface area (Å²) in [6.07, 6.45) is 2.84. The van der Waals surface area contributed by atoms with E-state index in [1.54, 1.807) is 11.7 Å². The maximum absolute atomic E-state index is 12.1. The zero-order chi connectivity index (χ0) is 13.1. The summed E-state index contributed by atoms with van der Waals surface area (Å²) in [5.41, 5.74) is 3.63. The Morgan fingerprint density at radius 3 is 2.83 bits per heavy atom. The van der Waals surface area contributed by atoms with E-state index in [9.17, 15) is 4.79 Å². The molecule has 2 aromatic heterocycles. The summed E-state index contributed by atoms with van der Waals surface area (Å²) < 4.78 is 2.85. The Bertz CT molecular complexity index is 548. The number of aromatic nitrogens is 3. The molecule has 0 unspecified atom stereocenters. The van der Waals surface area contributed by atoms with Crippen molar-refractivity contribution >= 4 is 33.0 Å². The average molecular weight is 328 g/mol. The summed E-state index contributed by atoms with van der Waals surface area (Å²) in [5, 5.41) is 4.49. The minimum Gasteiger partial charge on any atom is -0.293 e. The molecule has 0 aliphatic heterocycles. The van der Waals surface area contributed by atoms with Gasteiger partial charge in [-0.05, 0) is 29.3 Å². The van der Waals surface area contributed by atoms with E-state index < -0.39 is 0 Å². The van der Waals surface area contributed by atoms with Crippen molar-refractivity contribution in [3.63, 3.8) is 0 Å². The molecular weight excluding hydrogens is 314 g/mol. The maximum Gasteiger partial charge on any atom is 0.180 e. The van der Waals surface area contributed by atoms with Gasteiger partial charge in [-0.25, -0.2) is 0 Å². The van der Waals surface area contributed by atoms with Crippen molar-refractivity contribution in [2.45, 2.75) is 33.2 Å². The Balaban J connectivity index is 2.28. The molecule has 6 heteroatoms. The molecule has 0 N–H and O–H groups in total. The maximum atomic E-state index is 12.1. The lowest BCUT2D eigenvalue weighted by Gasteiger charge is -2.03. The van der Waals surface area contributed by atoms with Crippen LogP contribution in [0.1, 0.15) is 34.9 Å². The second-order valence-corrected chi connectivity index (χ2v) is 5.52. The molecule has 0 spiro atoms. The zero-order valence-corrected chi connectivity index (χ0v) is 12.7. The molecule has 0 saturated carbocycles. The molecule has 0 aliphatic carbocycles. The number of thiazole rings is 1. The molecule has 2 heterocycles. The highest BCUT2D eigenvalue weighted by atomic mass is 79.9. The van der Waals surface area contributed by atoms with Gasteiger partial charge >= 0.3 is 0 Å². The van der Waals surface area contributed by atoms with Crippen molar-refractivity contribution in [3.8, 4) is 0 Å². The van der Waals surface area contributed by atoms with Crippen molar-refractivity contribution in [1.82, 2.24) is 14.8 Å². The standard InChI is InChI=1S/C12H14BrN3OS/c1-3-8-12(13)9(16(4-2)15-8)5-10(17)11-6-14-7-18-11/h6-7H,3-5H2,1-2H3. The fourth-order valence-electron chi connectivity index (χ4n) is 1.78. The highest BCUT2D eigenvalue weighted by molar-refractivity contribution is 9.10. The van der Waals surface area contributed by atoms with Gasteiger partial charge in [0.15, 0.2) is 5.78 Å². The number of rotatable bonds is 5. The van der Waals surface area contributed by atoms with Crippen molar-refractivity contribution < 1.29 is 4.79 Å². The molecule has 0 atom stereocenters. The molecule has 0 radical (unpaired) electrons. The summed E-state index contributed by atoms with van der Waals surface area (Å²) in [6.45, 7) is 4.85. The van der Waals surface area contributed by atoms with Gasteiger partial charge in [-0.15, -0.1) is 11.3 Å². The Morgan fingerprint density at radius 2 is 2.28 bits per heavy atom. The first kappa shape index (κ1) is 13.4. The van der Waals surface area contributed by atoms with E-state index in [1.165, 1.54) is 11.3 Å². The summed E-state index contributed by atoms with van der Waals surface area (Å²) in [4.78, 5) is 16.7. The van der Waals surface area contributed by atoms with E-state index in [4.69, 9.17) is 0 Å². The Labute approximate surface area is 118 Å². The van der Waals surface area contributed by atoms with Gasteiger partial charge in [0.05, 0.1) is 32.7 Å². The normalized spacial score (nSPS) is 10.8. The quantitative estimate of drug-likeness (QED) is 0.793. The van der Waals surface area contributed by atoms with Crippen molar-refractivity contribution in [2.75, 3.05) is 0 Å². The Morgan fingerprint density at radius 1 is 1.50 bits per heavy atom. The van der Waals surface area contributed by atoms with Crippen LogP contribution in [0.2, 0.25) is 0 Å². The number of halogens is 1. The van der Waals surface area contributed by atoms with Crippen LogP contribution in [-0.2, 0) is 19.4 Å². The molecule has 18 heavy (non-hydrogen) atoms. The summed E-state index contributed by atoms with van der Waals surface area (Å²) in [7, 11) is 0. The van der Waals surface area contributed by atoms with Crippen molar-refractivity contribution in [2.24, 2.45) is 0 Å². The van der Waals surface area contributed by atoms with Gasteiger partial charge in [0.2, 0.25) is 0 Å². The molecule has 96 valence electrons. The Hall–Kier alpha value is -1.01. The van der Waals surface area contributed by atoms with Gasteiger partial charge < -0.3 is 0 Å². The van der Waals surface area contributed by atoms with Gasteiger partial charge in [-0.2, -0.15) is 5.10 Å². The molecule has 0 bridgehead atoms. The number of carbonyl (C=O) groups is 1. The lowest BCUT2D eigenvalue weighted by atomic mass is 10.2. The van der Waals surface area contributed by atoms with E-state index in [-0.39, 0.29) is 5.78 Å². The van der Waals surface area contributed by atoms with Crippen LogP contribution < -0.4 is 0 Å². The molecule has 0 saturated heterocycles. The zero-order valence-electron chi connectivity index (χ0n) is 10.3. The van der Waals surface area contributed by atoms with Crippen LogP contribution in [0, 0.1) is 0 Å². The smallest absolute Gasteiger partial charge is 0.180 e. The largest absolute Gasteiger partial charge is 0.293 e. The number of ketones is 1. The molecule has 0 aromatic carbocycles. The summed E-state index contributed by atoms with van der Waals surface area (Å²) >= 11 is 4.92. The predicted molar refractivity (Wildman–Crippen MR) is 75.1 cm³/mol. The van der Waals surface area contributed by atoms with Crippen LogP contribution in [-0.4, -0.2) is 20.5 Å². The van der Waals surface area contributed by atoms with E-state index >= 15 is 0 Å². The number of hydrogen-bond acceptors (Lipinski definition) is 4. The van der Waals surface area contributed by atoms with E-state index in [0.717, 1.165) is 28.8 Å². The number of hydrogen-bond donors (Lipinski definition) is 0. The van der Waals surface area contributed by atoms with Crippen molar-refractivity contribution in [3.05, 3.63) is 32.4 Å². The second kappa shape index (κ2) is 5.75. The van der Waals surface area contributed by atoms with Gasteiger partial charge in [-0.3, -0.25) is 14.5 Å². The molecule has 0 amide bonds. The van der Waals surface area contributed by atoms with E-state index in [2.05, 4.69) is 32.9 Å². The van der Waals surface area contributed by atoms with E-state index in [0.29, 0.717) is 11.3 Å². The first-order valence-corrected chi connectivity index (χ1v) is 7.50. The van der Waals surface area contributed by atoms with Gasteiger partial charge in [-0.1, -0.05) is 6.92 Å². The number of Topliss-reactive ketones (excluding diaryl/α,β-unsaturated/α-hetero) is 1. The molecule has 0 aliphatic rings. The van der Waals surface area contributed by atoms with Crippen LogP contribution in [0.25, 0.3) is 0 Å². The first-order chi connectivity index (χ1) is 8.67. The number of carbonyl (C=O) groups excluding carboxylic acids is 1. The topological polar surface area (TPSA) is 47.8 Å². The van der Waals surface area contributed by atoms with Gasteiger partial charge in [0.1, 0.15) is 0 Å². The number of aryl methyl sites for hydroxylation is 2. The first-order valence-electron chi connectivity index (χ1n) is 5.83. The van der Waals surface area contributed by atoms with Gasteiger partial charge in [0.25, 0.3) is 0 Å². The highest BCUT2D eigenvalue weighted by Crippen LogP contribution is 2.24. The Kier molecular flexibility index (Phi) is 4.29. The summed E-state index contributed by atoms with van der Waals surface area (Å²) in [6, 6.07) is 0. The minimum atomic E-state index is 0.0930. The summed E-state index contributed by atoms with van der Waals surface area (Å²) in [5.74, 6) is 0.0930. The average Bonchev–Trinajstić information content (AvgIpc) is 2.99. The van der Waals surface area contributed by atoms with Crippen LogP contribution >= 0.6 is 27.3 Å². The fourth-order valence-corrected chi connectivity index (χ4v) is 3.04. The SMILES string of the molecule is CCc1nn(CC)c(CC(=O)c2cncs2)c1Br. The molecule has 2 rings (SSSR count). The van der Waals surface area contributed by atoms with Crippen LogP contribution in [0.4, 0.5) is 0 Å². The molecule has 0 fully saturated rings. The van der Waals surface area contributed by atoms with Crippen LogP contribution in [0.3, 0.4) is 0 Å². The molecule has 4 nitrogen and oxygen atoms in total. The number of nitrogens with zero attached hydrogens (tertiary/aromatic N) is 3. The third-order valence-electron chi connectivity index (χ3n) is 2.73. The van der Waals surface area contributed by atoms with Crippen LogP contribution in [0.15, 0.2) is 16.2 Å². The third kappa shape index (κ3) is 2.54. The van der Waals surface area contributed by atoms with Crippen LogP contribution in [0.5, 0.6) is 0 Å². The predicted octanol–water partition coefficient (Wildman–Crippen LogP) is 3.11. The highest BCUT2D eigenvalue weighted by Gasteiger charge is 2.18. The second-order valence-electron chi connectivity index (χ2n) is 3.84. The minimum absolute atomic E-state index is 0.0930. The fraction of sp³-hybridized carbons (Fsp3) is 0.417.